The number of aliphatic hydroxyl groups is 1. The fourth-order valence-corrected chi connectivity index (χ4v) is 1.80. The first-order valence-corrected chi connectivity index (χ1v) is 5.50. The first-order valence-electron chi connectivity index (χ1n) is 5.50. The Morgan fingerprint density at radius 2 is 1.85 bits per heavy atom. The van der Waals surface area contributed by atoms with Crippen LogP contribution in [0.3, 0.4) is 0 Å². The van der Waals surface area contributed by atoms with Crippen LogP contribution in [0.4, 0.5) is 17.6 Å². The predicted molar refractivity (Wildman–Crippen MR) is 60.5 cm³/mol. The van der Waals surface area contributed by atoms with Gasteiger partial charge in [-0.1, -0.05) is 0 Å². The largest absolute Gasteiger partial charge is 0.442 e. The van der Waals surface area contributed by atoms with Crippen LogP contribution < -0.4 is 5.43 Å². The van der Waals surface area contributed by atoms with Crippen LogP contribution in [0.1, 0.15) is 17.3 Å². The van der Waals surface area contributed by atoms with E-state index in [1.165, 1.54) is 6.92 Å². The molecule has 108 valence electrons. The van der Waals surface area contributed by atoms with Crippen LogP contribution in [0.5, 0.6) is 0 Å². The molecule has 2 N–H and O–H groups in total. The lowest BCUT2D eigenvalue weighted by atomic mass is 10.1. The lowest BCUT2D eigenvalue weighted by Crippen LogP contribution is -2.60. The fourth-order valence-electron chi connectivity index (χ4n) is 1.80. The van der Waals surface area contributed by atoms with Gasteiger partial charge in [0.05, 0.1) is 0 Å². The van der Waals surface area contributed by atoms with Gasteiger partial charge in [-0.2, -0.15) is 13.2 Å². The van der Waals surface area contributed by atoms with Crippen molar-refractivity contribution < 1.29 is 27.5 Å². The van der Waals surface area contributed by atoms with E-state index < -0.39 is 23.6 Å². The molecule has 1 unspecified atom stereocenters. The number of carbonyl (C=O) groups excluding carboxylic acids is 1. The summed E-state index contributed by atoms with van der Waals surface area (Å²) in [6.45, 7) is 1.27. The number of hydrogen-bond acceptors (Lipinski definition) is 3. The summed E-state index contributed by atoms with van der Waals surface area (Å²) in [5, 5.41) is 9.78. The zero-order valence-electron chi connectivity index (χ0n) is 10.2. The van der Waals surface area contributed by atoms with E-state index in [0.29, 0.717) is 6.08 Å². The number of allylic oxidation sites excluding steroid dienone is 1. The third-order valence-electron chi connectivity index (χ3n) is 2.76. The van der Waals surface area contributed by atoms with E-state index >= 15 is 0 Å². The molecule has 0 radical (unpaired) electrons. The smallest absolute Gasteiger partial charge is 0.359 e. The Morgan fingerprint density at radius 1 is 1.30 bits per heavy atom. The average molecular weight is 290 g/mol. The second kappa shape index (κ2) is 4.48. The van der Waals surface area contributed by atoms with Crippen molar-refractivity contribution >= 4 is 5.91 Å². The van der Waals surface area contributed by atoms with Crippen molar-refractivity contribution in [2.75, 3.05) is 0 Å². The molecule has 20 heavy (non-hydrogen) atoms. The van der Waals surface area contributed by atoms with Gasteiger partial charge in [0.15, 0.2) is 0 Å². The van der Waals surface area contributed by atoms with Crippen molar-refractivity contribution in [2.45, 2.75) is 18.8 Å². The molecule has 0 saturated carbocycles. The summed E-state index contributed by atoms with van der Waals surface area (Å²) < 4.78 is 51.5. The highest BCUT2D eigenvalue weighted by atomic mass is 19.4. The highest BCUT2D eigenvalue weighted by Crippen LogP contribution is 2.38. The molecule has 0 saturated heterocycles. The van der Waals surface area contributed by atoms with E-state index in [4.69, 9.17) is 0 Å². The van der Waals surface area contributed by atoms with Gasteiger partial charge in [0, 0.05) is 11.3 Å². The zero-order chi connectivity index (χ0) is 15.1. The van der Waals surface area contributed by atoms with E-state index in [0.717, 1.165) is 24.3 Å². The summed E-state index contributed by atoms with van der Waals surface area (Å²) in [6.07, 6.45) is -4.58. The third-order valence-corrected chi connectivity index (χ3v) is 2.76. The standard InChI is InChI=1S/C12H10F4N2O2/c1-7-6-11(20,12(14,15)16)18(17-7)10(19)8-2-4-9(13)5-3-8/h2-6,17,20H,1H3. The van der Waals surface area contributed by atoms with E-state index in [1.807, 2.05) is 0 Å². The molecule has 0 fully saturated rings. The van der Waals surface area contributed by atoms with Gasteiger partial charge in [-0.25, -0.2) is 9.40 Å². The molecule has 0 bridgehead atoms. The zero-order valence-corrected chi connectivity index (χ0v) is 10.2. The summed E-state index contributed by atoms with van der Waals surface area (Å²) >= 11 is 0. The van der Waals surface area contributed by atoms with E-state index in [1.54, 1.807) is 0 Å². The van der Waals surface area contributed by atoms with Crippen LogP contribution in [-0.2, 0) is 0 Å². The van der Waals surface area contributed by atoms with Gasteiger partial charge in [0.25, 0.3) is 11.6 Å². The number of rotatable bonds is 1. The summed E-state index contributed by atoms with van der Waals surface area (Å²) in [6, 6.07) is 3.94. The van der Waals surface area contributed by atoms with Crippen molar-refractivity contribution in [2.24, 2.45) is 0 Å². The third kappa shape index (κ3) is 2.22. The van der Waals surface area contributed by atoms with Crippen molar-refractivity contribution in [1.82, 2.24) is 10.4 Å². The SMILES string of the molecule is CC1=CC(O)(C(F)(F)F)N(C(=O)c2ccc(F)cc2)N1. The molecule has 8 heteroatoms. The number of hydrazine groups is 1. The topological polar surface area (TPSA) is 52.6 Å². The van der Waals surface area contributed by atoms with Crippen molar-refractivity contribution in [3.63, 3.8) is 0 Å². The minimum absolute atomic E-state index is 0.0275. The number of halogens is 4. The number of nitrogens with one attached hydrogen (secondary N) is 1. The van der Waals surface area contributed by atoms with Crippen LogP contribution in [0.15, 0.2) is 36.0 Å². The molecule has 4 nitrogen and oxygen atoms in total. The molecule has 1 aromatic carbocycles. The number of carbonyl (C=O) groups is 1. The van der Waals surface area contributed by atoms with E-state index in [2.05, 4.69) is 5.43 Å². The highest BCUT2D eigenvalue weighted by Gasteiger charge is 2.61. The number of alkyl halides is 3. The Kier molecular flexibility index (Phi) is 3.21. The molecule has 0 spiro atoms. The van der Waals surface area contributed by atoms with Gasteiger partial charge in [-0.05, 0) is 37.3 Å². The minimum Gasteiger partial charge on any atom is -0.359 e. The maximum atomic E-state index is 12.9. The summed E-state index contributed by atoms with van der Waals surface area (Å²) in [4.78, 5) is 12.0. The van der Waals surface area contributed by atoms with E-state index in [9.17, 15) is 27.5 Å². The molecule has 1 heterocycles. The van der Waals surface area contributed by atoms with Crippen molar-refractivity contribution in [1.29, 1.82) is 0 Å². The Labute approximate surface area is 111 Å². The second-order valence-electron chi connectivity index (χ2n) is 4.31. The molecule has 1 aliphatic heterocycles. The number of hydrogen-bond donors (Lipinski definition) is 2. The minimum atomic E-state index is -5.08. The molecule has 1 aromatic rings. The number of amides is 1. The summed E-state index contributed by atoms with van der Waals surface area (Å²) in [5.41, 5.74) is -1.51. The monoisotopic (exact) mass is 290 g/mol. The van der Waals surface area contributed by atoms with Crippen LogP contribution in [0, 0.1) is 5.82 Å². The first-order chi connectivity index (χ1) is 9.15. The lowest BCUT2D eigenvalue weighted by Gasteiger charge is -2.33. The Balaban J connectivity index is 2.37. The number of benzene rings is 1. The van der Waals surface area contributed by atoms with Gasteiger partial charge in [-0.15, -0.1) is 0 Å². The van der Waals surface area contributed by atoms with Gasteiger partial charge in [0.1, 0.15) is 5.82 Å². The Bertz CT molecular complexity index is 568. The van der Waals surface area contributed by atoms with Crippen LogP contribution in [-0.4, -0.2) is 27.9 Å². The van der Waals surface area contributed by atoms with Crippen LogP contribution in [0.2, 0.25) is 0 Å². The normalized spacial score (nSPS) is 22.5. The molecular weight excluding hydrogens is 280 g/mol. The predicted octanol–water partition coefficient (Wildman–Crippen LogP) is 1.94. The second-order valence-corrected chi connectivity index (χ2v) is 4.31. The highest BCUT2D eigenvalue weighted by molar-refractivity contribution is 5.94. The molecule has 1 amide bonds. The van der Waals surface area contributed by atoms with Gasteiger partial charge < -0.3 is 5.11 Å². The van der Waals surface area contributed by atoms with Crippen molar-refractivity contribution in [3.8, 4) is 0 Å². The number of nitrogens with zero attached hydrogens (tertiary/aromatic N) is 1. The van der Waals surface area contributed by atoms with Gasteiger partial charge in [-0.3, -0.25) is 10.2 Å². The molecule has 1 atom stereocenters. The van der Waals surface area contributed by atoms with Crippen LogP contribution in [0.25, 0.3) is 0 Å². The van der Waals surface area contributed by atoms with Crippen molar-refractivity contribution in [3.05, 3.63) is 47.4 Å². The maximum Gasteiger partial charge on any atom is 0.442 e. The average Bonchev–Trinajstić information content (AvgIpc) is 2.65. The fraction of sp³-hybridized carbons (Fsp3) is 0.250. The first kappa shape index (κ1) is 14.3. The molecular formula is C12H10F4N2O2. The summed E-state index contributed by atoms with van der Waals surface area (Å²) in [5.74, 6) is -1.76. The van der Waals surface area contributed by atoms with Crippen LogP contribution >= 0.6 is 0 Å². The molecule has 1 aliphatic rings. The Hall–Kier alpha value is -2.09. The summed E-state index contributed by atoms with van der Waals surface area (Å²) in [7, 11) is 0. The Morgan fingerprint density at radius 3 is 2.35 bits per heavy atom. The maximum absolute atomic E-state index is 12.9. The molecule has 0 aromatic heterocycles. The molecule has 0 aliphatic carbocycles. The molecule has 2 rings (SSSR count). The quantitative estimate of drug-likeness (QED) is 0.777. The van der Waals surface area contributed by atoms with Gasteiger partial charge in [0.2, 0.25) is 0 Å². The van der Waals surface area contributed by atoms with E-state index in [-0.39, 0.29) is 16.3 Å². The lowest BCUT2D eigenvalue weighted by molar-refractivity contribution is -0.283. The van der Waals surface area contributed by atoms with Gasteiger partial charge >= 0.3 is 6.18 Å².